The van der Waals surface area contributed by atoms with E-state index in [0.29, 0.717) is 25.3 Å². The number of anilines is 1. The van der Waals surface area contributed by atoms with Crippen LogP contribution in [-0.2, 0) is 16.9 Å². The van der Waals surface area contributed by atoms with Gasteiger partial charge in [-0.2, -0.15) is 0 Å². The van der Waals surface area contributed by atoms with E-state index in [9.17, 15) is 8.78 Å². The maximum absolute atomic E-state index is 13.2. The Kier molecular flexibility index (Phi) is 2.17. The van der Waals surface area contributed by atoms with E-state index in [1.807, 2.05) is 0 Å². The first-order valence-electron chi connectivity index (χ1n) is 5.78. The van der Waals surface area contributed by atoms with Crippen LogP contribution in [0.1, 0.15) is 36.8 Å². The fourth-order valence-corrected chi connectivity index (χ4v) is 2.77. The van der Waals surface area contributed by atoms with Crippen LogP contribution in [0.3, 0.4) is 0 Å². The number of rotatable bonds is 0. The topological polar surface area (TPSA) is 48.1 Å². The van der Waals surface area contributed by atoms with Crippen LogP contribution in [0, 0.1) is 0 Å². The summed E-state index contributed by atoms with van der Waals surface area (Å²) in [6.07, 6.45) is 2.17. The van der Waals surface area contributed by atoms with Crippen LogP contribution in [0.25, 0.3) is 0 Å². The molecule has 2 N–H and O–H groups in total. The maximum atomic E-state index is 13.2. The molecule has 0 unspecified atom stereocenters. The molecule has 1 spiro atoms. The van der Waals surface area contributed by atoms with E-state index in [0.717, 1.165) is 11.1 Å². The molecule has 1 aliphatic heterocycles. The van der Waals surface area contributed by atoms with Crippen molar-refractivity contribution in [1.82, 2.24) is 4.98 Å². The van der Waals surface area contributed by atoms with Crippen molar-refractivity contribution < 1.29 is 13.5 Å². The Bertz CT molecular complexity index is 452. The number of fused-ring (bicyclic) bond motifs is 2. The second kappa shape index (κ2) is 3.38. The average Bonchev–Trinajstić information content (AvgIpc) is 2.63. The van der Waals surface area contributed by atoms with Gasteiger partial charge in [-0.05, 0) is 24.5 Å². The van der Waals surface area contributed by atoms with Gasteiger partial charge in [0.25, 0.3) is 0 Å². The zero-order valence-electron chi connectivity index (χ0n) is 9.38. The zero-order valence-corrected chi connectivity index (χ0v) is 9.38. The van der Waals surface area contributed by atoms with E-state index < -0.39 is 11.5 Å². The normalized spacial score (nSPS) is 24.8. The maximum Gasteiger partial charge on any atom is 0.248 e. The summed E-state index contributed by atoms with van der Waals surface area (Å²) in [5.41, 5.74) is 7.05. The van der Waals surface area contributed by atoms with Gasteiger partial charge in [-0.15, -0.1) is 0 Å². The molecule has 1 aromatic heterocycles. The lowest BCUT2D eigenvalue weighted by Crippen LogP contribution is -2.36. The molecule has 0 saturated heterocycles. The van der Waals surface area contributed by atoms with Gasteiger partial charge >= 0.3 is 0 Å². The molecule has 0 aromatic carbocycles. The van der Waals surface area contributed by atoms with Crippen molar-refractivity contribution in [2.24, 2.45) is 0 Å². The molecule has 2 heterocycles. The van der Waals surface area contributed by atoms with Gasteiger partial charge in [-0.25, -0.2) is 13.8 Å². The number of ether oxygens (including phenoxy) is 1. The summed E-state index contributed by atoms with van der Waals surface area (Å²) in [5.74, 6) is -2.12. The number of pyridine rings is 1. The van der Waals surface area contributed by atoms with Gasteiger partial charge in [0.1, 0.15) is 5.82 Å². The molecule has 0 atom stereocenters. The Morgan fingerprint density at radius 2 is 1.94 bits per heavy atom. The fourth-order valence-electron chi connectivity index (χ4n) is 2.77. The Labute approximate surface area is 98.0 Å². The van der Waals surface area contributed by atoms with Crippen LogP contribution in [0.2, 0.25) is 0 Å². The standard InChI is InChI=1S/C12H14F2N2O/c13-12(14)3-1-11(2-4-12)9-5-10(15)16-6-8(9)7-17-11/h5-6H,1-4,7H2,(H2,15,16). The Morgan fingerprint density at radius 1 is 1.24 bits per heavy atom. The van der Waals surface area contributed by atoms with Gasteiger partial charge in [0, 0.05) is 24.6 Å². The summed E-state index contributed by atoms with van der Waals surface area (Å²) in [6.45, 7) is 0.453. The molecule has 1 fully saturated rings. The first-order valence-corrected chi connectivity index (χ1v) is 5.78. The van der Waals surface area contributed by atoms with Crippen molar-refractivity contribution in [1.29, 1.82) is 0 Å². The zero-order chi connectivity index (χ0) is 12.1. The Hall–Kier alpha value is -1.23. The van der Waals surface area contributed by atoms with Gasteiger partial charge in [0.05, 0.1) is 12.2 Å². The average molecular weight is 240 g/mol. The van der Waals surface area contributed by atoms with E-state index in [-0.39, 0.29) is 12.8 Å². The summed E-state index contributed by atoms with van der Waals surface area (Å²) >= 11 is 0. The summed E-state index contributed by atoms with van der Waals surface area (Å²) in [5, 5.41) is 0. The van der Waals surface area contributed by atoms with Crippen molar-refractivity contribution in [3.05, 3.63) is 23.4 Å². The number of alkyl halides is 2. The molecule has 0 radical (unpaired) electrons. The highest BCUT2D eigenvalue weighted by Gasteiger charge is 2.48. The molecule has 0 amide bonds. The first-order chi connectivity index (χ1) is 8.01. The molecule has 1 saturated carbocycles. The summed E-state index contributed by atoms with van der Waals surface area (Å²) < 4.78 is 32.2. The molecule has 0 bridgehead atoms. The molecule has 1 aromatic rings. The van der Waals surface area contributed by atoms with Crippen LogP contribution in [-0.4, -0.2) is 10.9 Å². The molecule has 2 aliphatic rings. The van der Waals surface area contributed by atoms with E-state index in [1.165, 1.54) is 0 Å². The van der Waals surface area contributed by atoms with Crippen molar-refractivity contribution in [3.8, 4) is 0 Å². The van der Waals surface area contributed by atoms with Crippen molar-refractivity contribution in [2.45, 2.75) is 43.8 Å². The highest BCUT2D eigenvalue weighted by Crippen LogP contribution is 2.50. The quantitative estimate of drug-likeness (QED) is 0.758. The van der Waals surface area contributed by atoms with Gasteiger partial charge in [-0.3, -0.25) is 0 Å². The monoisotopic (exact) mass is 240 g/mol. The number of aromatic nitrogens is 1. The van der Waals surface area contributed by atoms with Crippen LogP contribution in [0.5, 0.6) is 0 Å². The Balaban J connectivity index is 1.95. The van der Waals surface area contributed by atoms with Gasteiger partial charge in [-0.1, -0.05) is 0 Å². The lowest BCUT2D eigenvalue weighted by molar-refractivity contribution is -0.130. The molecule has 3 nitrogen and oxygen atoms in total. The van der Waals surface area contributed by atoms with E-state index >= 15 is 0 Å². The third-order valence-corrected chi connectivity index (χ3v) is 3.79. The number of nitrogen functional groups attached to an aromatic ring is 1. The minimum atomic E-state index is -2.55. The molecular weight excluding hydrogens is 226 g/mol. The van der Waals surface area contributed by atoms with Crippen LogP contribution >= 0.6 is 0 Å². The Morgan fingerprint density at radius 3 is 2.65 bits per heavy atom. The third kappa shape index (κ3) is 1.69. The minimum Gasteiger partial charge on any atom is -0.384 e. The molecule has 3 rings (SSSR count). The van der Waals surface area contributed by atoms with Crippen molar-refractivity contribution >= 4 is 5.82 Å². The van der Waals surface area contributed by atoms with E-state index in [1.54, 1.807) is 12.3 Å². The molecule has 1 aliphatic carbocycles. The third-order valence-electron chi connectivity index (χ3n) is 3.79. The lowest BCUT2D eigenvalue weighted by atomic mass is 9.78. The number of nitrogens with two attached hydrogens (primary N) is 1. The first kappa shape index (κ1) is 10.9. The van der Waals surface area contributed by atoms with Crippen molar-refractivity contribution in [3.63, 3.8) is 0 Å². The van der Waals surface area contributed by atoms with Crippen LogP contribution in [0.4, 0.5) is 14.6 Å². The highest BCUT2D eigenvalue weighted by atomic mass is 19.3. The minimum absolute atomic E-state index is 0.116. The number of nitrogens with zero attached hydrogens (tertiary/aromatic N) is 1. The predicted molar refractivity (Wildman–Crippen MR) is 58.5 cm³/mol. The predicted octanol–water partition coefficient (Wildman–Crippen LogP) is 2.60. The van der Waals surface area contributed by atoms with Crippen LogP contribution in [0.15, 0.2) is 12.3 Å². The molecule has 17 heavy (non-hydrogen) atoms. The van der Waals surface area contributed by atoms with E-state index in [4.69, 9.17) is 10.5 Å². The fraction of sp³-hybridized carbons (Fsp3) is 0.583. The van der Waals surface area contributed by atoms with Crippen molar-refractivity contribution in [2.75, 3.05) is 5.73 Å². The molecule has 5 heteroatoms. The summed E-state index contributed by atoms with van der Waals surface area (Å²) in [7, 11) is 0. The van der Waals surface area contributed by atoms with Crippen LogP contribution < -0.4 is 5.73 Å². The second-order valence-electron chi connectivity index (χ2n) is 4.91. The largest absolute Gasteiger partial charge is 0.384 e. The molecular formula is C12H14F2N2O. The van der Waals surface area contributed by atoms with Gasteiger partial charge in [0.2, 0.25) is 5.92 Å². The number of halogens is 2. The number of hydrogen-bond acceptors (Lipinski definition) is 3. The summed E-state index contributed by atoms with van der Waals surface area (Å²) in [6, 6.07) is 1.77. The second-order valence-corrected chi connectivity index (χ2v) is 4.91. The summed E-state index contributed by atoms with van der Waals surface area (Å²) in [4.78, 5) is 4.01. The lowest BCUT2D eigenvalue weighted by Gasteiger charge is -2.37. The SMILES string of the molecule is Nc1cc2c(cn1)COC21CCC(F)(F)CC1. The van der Waals surface area contributed by atoms with Gasteiger partial charge in [0.15, 0.2) is 0 Å². The highest BCUT2D eigenvalue weighted by molar-refractivity contribution is 5.42. The van der Waals surface area contributed by atoms with E-state index in [2.05, 4.69) is 4.98 Å². The van der Waals surface area contributed by atoms with Gasteiger partial charge < -0.3 is 10.5 Å². The smallest absolute Gasteiger partial charge is 0.248 e. The molecule has 92 valence electrons. The number of hydrogen-bond donors (Lipinski definition) is 1.